The highest BCUT2D eigenvalue weighted by molar-refractivity contribution is 6.29. The maximum Gasteiger partial charge on any atom is 0.185 e. The molecule has 36 heavy (non-hydrogen) atoms. The number of hydrogen-bond donors (Lipinski definition) is 2. The Morgan fingerprint density at radius 1 is 1.31 bits per heavy atom. The fourth-order valence-corrected chi connectivity index (χ4v) is 8.61. The van der Waals surface area contributed by atoms with Crippen molar-refractivity contribution < 1.29 is 28.6 Å². The maximum absolute atomic E-state index is 17.4. The first-order valence-electron chi connectivity index (χ1n) is 12.6. The normalized spacial score (nSPS) is 47.0. The molecule has 3 saturated carbocycles. The molecule has 192 valence electrons. The van der Waals surface area contributed by atoms with Gasteiger partial charge in [0.2, 0.25) is 0 Å². The van der Waals surface area contributed by atoms with E-state index in [0.717, 1.165) is 5.57 Å². The van der Waals surface area contributed by atoms with Gasteiger partial charge in [-0.1, -0.05) is 30.7 Å². The van der Waals surface area contributed by atoms with Crippen molar-refractivity contribution in [2.45, 2.75) is 69.3 Å². The minimum Gasteiger partial charge on any atom is -0.399 e. The molecule has 0 radical (unpaired) electrons. The summed E-state index contributed by atoms with van der Waals surface area (Å²) in [7, 11) is 0. The van der Waals surface area contributed by atoms with Crippen LogP contribution in [0.2, 0.25) is 0 Å². The summed E-state index contributed by atoms with van der Waals surface area (Å²) in [6.45, 7) is 3.70. The maximum atomic E-state index is 17.4. The Balaban J connectivity index is 1.43. The molecule has 1 saturated heterocycles. The van der Waals surface area contributed by atoms with Gasteiger partial charge in [-0.2, -0.15) is 0 Å². The van der Waals surface area contributed by atoms with Gasteiger partial charge >= 0.3 is 0 Å². The number of anilines is 1. The predicted octanol–water partition coefficient (Wildman–Crippen LogP) is 4.21. The van der Waals surface area contributed by atoms with Gasteiger partial charge in [-0.15, -0.1) is 11.6 Å². The molecule has 4 fully saturated rings. The lowest BCUT2D eigenvalue weighted by Gasteiger charge is -2.62. The first-order chi connectivity index (χ1) is 17.0. The number of allylic oxidation sites excluding steroid dienone is 4. The van der Waals surface area contributed by atoms with Crippen molar-refractivity contribution in [1.82, 2.24) is 0 Å². The number of aliphatic hydroxyl groups is 1. The molecule has 6 rings (SSSR count). The van der Waals surface area contributed by atoms with Crippen LogP contribution in [0, 0.1) is 22.7 Å². The van der Waals surface area contributed by atoms with Crippen molar-refractivity contribution in [3.05, 3.63) is 53.6 Å². The van der Waals surface area contributed by atoms with Crippen LogP contribution < -0.4 is 5.73 Å². The summed E-state index contributed by atoms with van der Waals surface area (Å²) in [4.78, 5) is 25.7. The second-order valence-corrected chi connectivity index (χ2v) is 11.8. The summed E-state index contributed by atoms with van der Waals surface area (Å²) >= 11 is 6.14. The van der Waals surface area contributed by atoms with Crippen molar-refractivity contribution in [3.63, 3.8) is 0 Å². The molecule has 0 spiro atoms. The average molecular weight is 516 g/mol. The molecular weight excluding hydrogens is 485 g/mol. The fraction of sp³-hybridized carbons (Fsp3) is 0.571. The number of nitrogen functional groups attached to an aromatic ring is 1. The van der Waals surface area contributed by atoms with Crippen LogP contribution in [0.1, 0.15) is 51.4 Å². The fourth-order valence-electron chi connectivity index (χ4n) is 8.41. The van der Waals surface area contributed by atoms with Crippen LogP contribution in [0.4, 0.5) is 10.1 Å². The van der Waals surface area contributed by atoms with Crippen molar-refractivity contribution in [2.24, 2.45) is 22.7 Å². The number of fused-ring (bicyclic) bond motifs is 7. The highest BCUT2D eigenvalue weighted by Crippen LogP contribution is 2.72. The van der Waals surface area contributed by atoms with E-state index in [2.05, 4.69) is 0 Å². The lowest BCUT2D eigenvalue weighted by atomic mass is 9.44. The molecule has 0 aromatic heterocycles. The number of alkyl halides is 2. The minimum atomic E-state index is -1.99. The molecule has 6 nitrogen and oxygen atoms in total. The van der Waals surface area contributed by atoms with E-state index < -0.39 is 46.5 Å². The lowest BCUT2D eigenvalue weighted by molar-refractivity contribution is -0.230. The SMILES string of the molecule is C[C@]12C=CC(=O)C=C1CC[C@H]1[C@@H]3C[C@H]4OC(c5cccc(N)c5)O[C@@]4(C(=O)CCl)[C@@]3(C)C[C@H](O)[C@@]12F. The number of hydrogen-bond acceptors (Lipinski definition) is 6. The monoisotopic (exact) mass is 515 g/mol. The largest absolute Gasteiger partial charge is 0.399 e. The molecule has 1 heterocycles. The molecule has 0 bridgehead atoms. The third-order valence-corrected chi connectivity index (χ3v) is 10.3. The summed E-state index contributed by atoms with van der Waals surface area (Å²) in [5.41, 5.74) is 2.53. The van der Waals surface area contributed by atoms with E-state index in [0.29, 0.717) is 30.5 Å². The number of halogens is 2. The van der Waals surface area contributed by atoms with Crippen LogP contribution in [-0.4, -0.2) is 46.0 Å². The molecule has 5 aliphatic rings. The van der Waals surface area contributed by atoms with Crippen LogP contribution in [0.5, 0.6) is 0 Å². The van der Waals surface area contributed by atoms with Crippen molar-refractivity contribution >= 4 is 28.9 Å². The summed E-state index contributed by atoms with van der Waals surface area (Å²) < 4.78 is 30.3. The quantitative estimate of drug-likeness (QED) is 0.462. The average Bonchev–Trinajstić information content (AvgIpc) is 3.34. The molecule has 1 aromatic carbocycles. The number of carbonyl (C=O) groups is 2. The minimum absolute atomic E-state index is 0.0153. The van der Waals surface area contributed by atoms with Gasteiger partial charge in [0.05, 0.1) is 18.1 Å². The molecule has 8 heteroatoms. The molecule has 0 amide bonds. The van der Waals surface area contributed by atoms with Crippen LogP contribution in [-0.2, 0) is 19.1 Å². The van der Waals surface area contributed by atoms with Crippen LogP contribution >= 0.6 is 11.6 Å². The Morgan fingerprint density at radius 3 is 2.81 bits per heavy atom. The first kappa shape index (κ1) is 24.3. The summed E-state index contributed by atoms with van der Waals surface area (Å²) in [6, 6.07) is 7.13. The number of carbonyl (C=O) groups excluding carboxylic acids is 2. The van der Waals surface area contributed by atoms with Gasteiger partial charge in [0.25, 0.3) is 0 Å². The number of ketones is 2. The molecule has 9 atom stereocenters. The van der Waals surface area contributed by atoms with Gasteiger partial charge in [0, 0.05) is 28.0 Å². The number of aliphatic hydroxyl groups excluding tert-OH is 1. The van der Waals surface area contributed by atoms with Crippen molar-refractivity contribution in [1.29, 1.82) is 0 Å². The van der Waals surface area contributed by atoms with E-state index in [4.69, 9.17) is 26.8 Å². The highest BCUT2D eigenvalue weighted by atomic mass is 35.5. The van der Waals surface area contributed by atoms with E-state index >= 15 is 4.39 Å². The van der Waals surface area contributed by atoms with Gasteiger partial charge in [-0.05, 0) is 62.8 Å². The van der Waals surface area contributed by atoms with Gasteiger partial charge in [-0.25, -0.2) is 4.39 Å². The van der Waals surface area contributed by atoms with E-state index in [1.54, 1.807) is 31.2 Å². The molecular formula is C28H31ClFNO5. The number of benzene rings is 1. The Morgan fingerprint density at radius 2 is 2.08 bits per heavy atom. The number of ether oxygens (including phenoxy) is 2. The molecule has 1 aliphatic heterocycles. The predicted molar refractivity (Wildman–Crippen MR) is 132 cm³/mol. The van der Waals surface area contributed by atoms with Gasteiger partial charge in [-0.3, -0.25) is 9.59 Å². The molecule has 1 aromatic rings. The third kappa shape index (κ3) is 2.78. The molecule has 1 unspecified atom stereocenters. The number of Topliss-reactive ketones (excluding diaryl/α,β-unsaturated/α-hetero) is 1. The summed E-state index contributed by atoms with van der Waals surface area (Å²) in [5, 5.41) is 11.6. The van der Waals surface area contributed by atoms with Crippen molar-refractivity contribution in [3.8, 4) is 0 Å². The van der Waals surface area contributed by atoms with Crippen LogP contribution in [0.15, 0.2) is 48.1 Å². The number of rotatable bonds is 3. The number of nitrogens with two attached hydrogens (primary N) is 1. The standard InChI is InChI=1S/C28H31ClFNO5/c1-25-9-8-18(32)11-16(25)6-7-19-20-12-23-28(22(34)14-29,26(20,2)13-21(33)27(19,25)30)36-24(35-23)15-4-3-5-17(31)10-15/h3-5,8-11,19-21,23-24,33H,6-7,12-14,31H2,1-2H3/t19-,20-,21-,23+,24?,25-,26-,27-,28+/m0/s1. The second kappa shape index (κ2) is 7.73. The van der Waals surface area contributed by atoms with E-state index in [9.17, 15) is 14.7 Å². The van der Waals surface area contributed by atoms with Gasteiger partial charge in [0.15, 0.2) is 29.1 Å². The van der Waals surface area contributed by atoms with Crippen LogP contribution in [0.25, 0.3) is 0 Å². The smallest absolute Gasteiger partial charge is 0.185 e. The zero-order chi connectivity index (χ0) is 25.7. The highest BCUT2D eigenvalue weighted by Gasteiger charge is 2.79. The topological polar surface area (TPSA) is 98.9 Å². The van der Waals surface area contributed by atoms with E-state index in [1.807, 2.05) is 13.0 Å². The lowest BCUT2D eigenvalue weighted by Crippen LogP contribution is -2.69. The van der Waals surface area contributed by atoms with Gasteiger partial charge < -0.3 is 20.3 Å². The van der Waals surface area contributed by atoms with Crippen LogP contribution in [0.3, 0.4) is 0 Å². The Labute approximate surface area is 214 Å². The summed E-state index contributed by atoms with van der Waals surface area (Å²) in [6.07, 6.45) is 3.17. The Kier molecular flexibility index (Phi) is 5.21. The third-order valence-electron chi connectivity index (χ3n) is 10.1. The second-order valence-electron chi connectivity index (χ2n) is 11.5. The van der Waals surface area contributed by atoms with E-state index in [-0.39, 0.29) is 29.8 Å². The Bertz CT molecular complexity index is 1220. The Hall–Kier alpha value is -2.06. The zero-order valence-corrected chi connectivity index (χ0v) is 21.1. The molecule has 3 N–H and O–H groups in total. The zero-order valence-electron chi connectivity index (χ0n) is 20.4. The van der Waals surface area contributed by atoms with Crippen molar-refractivity contribution in [2.75, 3.05) is 11.6 Å². The molecule has 4 aliphatic carbocycles. The van der Waals surface area contributed by atoms with E-state index in [1.165, 1.54) is 12.2 Å². The first-order valence-corrected chi connectivity index (χ1v) is 13.1. The van der Waals surface area contributed by atoms with Gasteiger partial charge in [0.1, 0.15) is 0 Å². The summed E-state index contributed by atoms with van der Waals surface area (Å²) in [5.74, 6) is -1.57.